The number of rotatable bonds is 7. The lowest BCUT2D eigenvalue weighted by Gasteiger charge is -2.17. The minimum absolute atomic E-state index is 0.186. The van der Waals surface area contributed by atoms with Crippen molar-refractivity contribution in [3.05, 3.63) is 47.8 Å². The summed E-state index contributed by atoms with van der Waals surface area (Å²) in [6, 6.07) is 9.16. The summed E-state index contributed by atoms with van der Waals surface area (Å²) in [6.45, 7) is 2.36. The number of carbonyl (C=O) groups excluding carboxylic acids is 1. The lowest BCUT2D eigenvalue weighted by Crippen LogP contribution is -2.25. The van der Waals surface area contributed by atoms with E-state index >= 15 is 0 Å². The number of nitrogens with one attached hydrogen (secondary N) is 1. The number of amides is 1. The fraction of sp³-hybridized carbons (Fsp3) is 0.409. The topological polar surface area (TPSA) is 81.5 Å². The molecule has 3 heterocycles. The molecule has 9 heteroatoms. The van der Waals surface area contributed by atoms with Crippen molar-refractivity contribution in [3.63, 3.8) is 0 Å². The molecule has 164 valence electrons. The van der Waals surface area contributed by atoms with Crippen LogP contribution in [0.1, 0.15) is 41.7 Å². The molecule has 3 aromatic rings. The lowest BCUT2D eigenvalue weighted by atomic mass is 10.2. The van der Waals surface area contributed by atoms with E-state index in [4.69, 9.17) is 9.47 Å². The molecule has 0 unspecified atom stereocenters. The van der Waals surface area contributed by atoms with Gasteiger partial charge in [0.05, 0.1) is 14.2 Å². The predicted molar refractivity (Wildman–Crippen MR) is 121 cm³/mol. The normalized spacial score (nSPS) is 14.2. The second-order valence-corrected chi connectivity index (χ2v) is 8.33. The Kier molecular flexibility index (Phi) is 6.71. The minimum atomic E-state index is -0.186. The van der Waals surface area contributed by atoms with Crippen molar-refractivity contribution in [3.8, 4) is 16.6 Å². The van der Waals surface area contributed by atoms with Gasteiger partial charge in [-0.1, -0.05) is 24.2 Å². The molecule has 4 rings (SSSR count). The minimum Gasteiger partial charge on any atom is -0.497 e. The first-order valence-corrected chi connectivity index (χ1v) is 11.3. The predicted octanol–water partition coefficient (Wildman–Crippen LogP) is 3.66. The SMILES string of the molecule is COc1ccc(CNC(=O)c2cccn2-c2nnc(N3CCCCCC3)s2)c(OC)c1. The Morgan fingerprint density at radius 3 is 2.58 bits per heavy atom. The lowest BCUT2D eigenvalue weighted by molar-refractivity contribution is 0.0944. The molecule has 0 radical (unpaired) electrons. The third-order valence-corrected chi connectivity index (χ3v) is 6.38. The van der Waals surface area contributed by atoms with Gasteiger partial charge in [0, 0.05) is 37.5 Å². The number of carbonyl (C=O) groups is 1. The second-order valence-electron chi connectivity index (χ2n) is 7.39. The summed E-state index contributed by atoms with van der Waals surface area (Å²) in [5.74, 6) is 1.19. The van der Waals surface area contributed by atoms with E-state index in [-0.39, 0.29) is 5.91 Å². The van der Waals surface area contributed by atoms with Crippen LogP contribution in [-0.4, -0.2) is 48.0 Å². The molecule has 0 aliphatic carbocycles. The quantitative estimate of drug-likeness (QED) is 0.603. The summed E-state index contributed by atoms with van der Waals surface area (Å²) < 4.78 is 12.4. The van der Waals surface area contributed by atoms with E-state index in [0.717, 1.165) is 23.8 Å². The van der Waals surface area contributed by atoms with Crippen LogP contribution in [0.5, 0.6) is 11.5 Å². The first-order chi connectivity index (χ1) is 15.2. The van der Waals surface area contributed by atoms with E-state index in [0.29, 0.717) is 28.9 Å². The van der Waals surface area contributed by atoms with Crippen molar-refractivity contribution in [2.75, 3.05) is 32.2 Å². The Labute approximate surface area is 185 Å². The third-order valence-electron chi connectivity index (χ3n) is 5.40. The molecule has 0 saturated carbocycles. The van der Waals surface area contributed by atoms with Crippen molar-refractivity contribution in [2.24, 2.45) is 0 Å². The smallest absolute Gasteiger partial charge is 0.268 e. The highest BCUT2D eigenvalue weighted by Gasteiger charge is 2.19. The fourth-order valence-corrected chi connectivity index (χ4v) is 4.59. The molecule has 0 atom stereocenters. The molecule has 1 aromatic carbocycles. The number of methoxy groups -OCH3 is 2. The molecule has 1 amide bonds. The molecule has 1 saturated heterocycles. The Bertz CT molecular complexity index is 1020. The van der Waals surface area contributed by atoms with Crippen LogP contribution in [0, 0.1) is 0 Å². The van der Waals surface area contributed by atoms with Crippen LogP contribution in [0.25, 0.3) is 5.13 Å². The number of benzene rings is 1. The number of anilines is 1. The van der Waals surface area contributed by atoms with Gasteiger partial charge in [0.1, 0.15) is 17.2 Å². The molecule has 1 aliphatic rings. The Morgan fingerprint density at radius 1 is 1.06 bits per heavy atom. The molecule has 31 heavy (non-hydrogen) atoms. The maximum Gasteiger partial charge on any atom is 0.268 e. The van der Waals surface area contributed by atoms with Gasteiger partial charge in [0.2, 0.25) is 10.3 Å². The van der Waals surface area contributed by atoms with E-state index in [9.17, 15) is 4.79 Å². The van der Waals surface area contributed by atoms with Crippen LogP contribution in [0.2, 0.25) is 0 Å². The van der Waals surface area contributed by atoms with E-state index in [1.807, 2.05) is 24.4 Å². The highest BCUT2D eigenvalue weighted by atomic mass is 32.1. The zero-order chi connectivity index (χ0) is 21.6. The Hall–Kier alpha value is -3.07. The van der Waals surface area contributed by atoms with E-state index in [1.165, 1.54) is 37.0 Å². The van der Waals surface area contributed by atoms with Crippen LogP contribution in [-0.2, 0) is 6.54 Å². The van der Waals surface area contributed by atoms with Crippen LogP contribution < -0.4 is 19.7 Å². The number of nitrogens with zero attached hydrogens (tertiary/aromatic N) is 4. The highest BCUT2D eigenvalue weighted by molar-refractivity contribution is 7.17. The monoisotopic (exact) mass is 441 g/mol. The van der Waals surface area contributed by atoms with Gasteiger partial charge in [-0.05, 0) is 37.1 Å². The highest BCUT2D eigenvalue weighted by Crippen LogP contribution is 2.27. The fourth-order valence-electron chi connectivity index (χ4n) is 3.69. The molecular formula is C22H27N5O3S. The summed E-state index contributed by atoms with van der Waals surface area (Å²) >= 11 is 1.52. The van der Waals surface area contributed by atoms with Gasteiger partial charge in [0.25, 0.3) is 5.91 Å². The average Bonchev–Trinajstić information content (AvgIpc) is 3.41. The van der Waals surface area contributed by atoms with E-state index in [1.54, 1.807) is 30.9 Å². The Morgan fingerprint density at radius 2 is 1.84 bits per heavy atom. The number of hydrogen-bond donors (Lipinski definition) is 1. The Balaban J connectivity index is 1.46. The van der Waals surface area contributed by atoms with Gasteiger partial charge in [0.15, 0.2) is 0 Å². The van der Waals surface area contributed by atoms with Crippen molar-refractivity contribution in [1.29, 1.82) is 0 Å². The van der Waals surface area contributed by atoms with Gasteiger partial charge < -0.3 is 19.7 Å². The van der Waals surface area contributed by atoms with Crippen molar-refractivity contribution in [1.82, 2.24) is 20.1 Å². The molecule has 8 nitrogen and oxygen atoms in total. The number of hydrogen-bond acceptors (Lipinski definition) is 7. The van der Waals surface area contributed by atoms with Gasteiger partial charge >= 0.3 is 0 Å². The van der Waals surface area contributed by atoms with Gasteiger partial charge in [-0.25, -0.2) is 0 Å². The van der Waals surface area contributed by atoms with Gasteiger partial charge in [-0.2, -0.15) is 0 Å². The molecule has 0 bridgehead atoms. The molecule has 1 fully saturated rings. The summed E-state index contributed by atoms with van der Waals surface area (Å²) in [5, 5.41) is 13.3. The van der Waals surface area contributed by atoms with Crippen molar-refractivity contribution in [2.45, 2.75) is 32.2 Å². The molecular weight excluding hydrogens is 414 g/mol. The third kappa shape index (κ3) is 4.82. The summed E-state index contributed by atoms with van der Waals surface area (Å²) in [4.78, 5) is 15.2. The molecule has 1 aliphatic heterocycles. The summed E-state index contributed by atoms with van der Waals surface area (Å²) in [6.07, 6.45) is 6.74. The van der Waals surface area contributed by atoms with Gasteiger partial charge in [-0.15, -0.1) is 10.2 Å². The van der Waals surface area contributed by atoms with Crippen molar-refractivity contribution >= 4 is 22.4 Å². The van der Waals surface area contributed by atoms with Crippen LogP contribution in [0.3, 0.4) is 0 Å². The standard InChI is InChI=1S/C22H27N5O3S/c1-29-17-10-9-16(19(14-17)30-2)15-23-20(28)18-8-7-13-27(18)22-25-24-21(31-22)26-11-5-3-4-6-12-26/h7-10,13-14H,3-6,11-12,15H2,1-2H3,(H,23,28). The van der Waals surface area contributed by atoms with E-state index in [2.05, 4.69) is 20.4 Å². The van der Waals surface area contributed by atoms with E-state index < -0.39 is 0 Å². The second kappa shape index (κ2) is 9.82. The molecule has 2 aromatic heterocycles. The first-order valence-electron chi connectivity index (χ1n) is 10.4. The van der Waals surface area contributed by atoms with Crippen LogP contribution >= 0.6 is 11.3 Å². The molecule has 0 spiro atoms. The van der Waals surface area contributed by atoms with Crippen molar-refractivity contribution < 1.29 is 14.3 Å². The summed E-state index contributed by atoms with van der Waals surface area (Å²) in [7, 11) is 3.21. The summed E-state index contributed by atoms with van der Waals surface area (Å²) in [5.41, 5.74) is 1.39. The van der Waals surface area contributed by atoms with Gasteiger partial charge in [-0.3, -0.25) is 9.36 Å². The largest absolute Gasteiger partial charge is 0.497 e. The maximum absolute atomic E-state index is 12.9. The first kappa shape index (κ1) is 21.2. The molecule has 1 N–H and O–H groups in total. The average molecular weight is 442 g/mol. The zero-order valence-electron chi connectivity index (χ0n) is 17.8. The number of aromatic nitrogens is 3. The van der Waals surface area contributed by atoms with Crippen LogP contribution in [0.15, 0.2) is 36.5 Å². The maximum atomic E-state index is 12.9. The number of ether oxygens (including phenoxy) is 2. The van der Waals surface area contributed by atoms with Crippen LogP contribution in [0.4, 0.5) is 5.13 Å². The zero-order valence-corrected chi connectivity index (χ0v) is 18.7.